The largest absolute Gasteiger partial charge is 0.387 e. The first-order valence-electron chi connectivity index (χ1n) is 11.8. The Kier molecular flexibility index (Phi) is 9.63. The van der Waals surface area contributed by atoms with Gasteiger partial charge in [0.1, 0.15) is 23.7 Å². The van der Waals surface area contributed by atoms with E-state index in [1.54, 1.807) is 6.07 Å². The van der Waals surface area contributed by atoms with Gasteiger partial charge in [0.15, 0.2) is 0 Å². The predicted octanol–water partition coefficient (Wildman–Crippen LogP) is 1.99. The van der Waals surface area contributed by atoms with Crippen molar-refractivity contribution in [3.05, 3.63) is 71.3 Å². The van der Waals surface area contributed by atoms with Crippen molar-refractivity contribution in [1.29, 1.82) is 5.41 Å². The second-order valence-corrected chi connectivity index (χ2v) is 8.85. The Labute approximate surface area is 208 Å². The van der Waals surface area contributed by atoms with Crippen LogP contribution >= 0.6 is 0 Å². The monoisotopic (exact) mass is 500 g/mol. The van der Waals surface area contributed by atoms with Gasteiger partial charge in [-0.2, -0.15) is 0 Å². The van der Waals surface area contributed by atoms with E-state index in [1.165, 1.54) is 42.5 Å². The number of rotatable bonds is 13. The molecule has 8 nitrogen and oxygen atoms in total. The molecule has 0 aliphatic heterocycles. The van der Waals surface area contributed by atoms with Crippen LogP contribution in [0.25, 0.3) is 0 Å². The summed E-state index contributed by atoms with van der Waals surface area (Å²) in [5, 5.41) is 24.9. The number of nitrogens with one attached hydrogen (secondary N) is 4. The second-order valence-electron chi connectivity index (χ2n) is 8.85. The fraction of sp³-hybridized carbons (Fsp3) is 0.385. The molecule has 1 unspecified atom stereocenters. The summed E-state index contributed by atoms with van der Waals surface area (Å²) >= 11 is 0. The molecule has 1 fully saturated rings. The van der Waals surface area contributed by atoms with E-state index in [2.05, 4.69) is 16.0 Å². The Morgan fingerprint density at radius 3 is 2.31 bits per heavy atom. The molecule has 2 aromatic carbocycles. The molecule has 192 valence electrons. The lowest BCUT2D eigenvalue weighted by molar-refractivity contribution is -0.132. The van der Waals surface area contributed by atoms with Crippen molar-refractivity contribution in [2.75, 3.05) is 0 Å². The molecule has 2 aromatic rings. The quantitative estimate of drug-likeness (QED) is 0.269. The number of aliphatic hydroxyl groups excluding tert-OH is 1. The van der Waals surface area contributed by atoms with Crippen LogP contribution in [-0.4, -0.2) is 47.2 Å². The third-order valence-electron chi connectivity index (χ3n) is 5.92. The predicted molar refractivity (Wildman–Crippen MR) is 129 cm³/mol. The maximum absolute atomic E-state index is 14.3. The number of carbonyl (C=O) groups is 3. The van der Waals surface area contributed by atoms with Gasteiger partial charge in [-0.3, -0.25) is 14.4 Å². The lowest BCUT2D eigenvalue weighted by Crippen LogP contribution is -2.54. The molecule has 36 heavy (non-hydrogen) atoms. The molecule has 0 radical (unpaired) electrons. The average molecular weight is 501 g/mol. The summed E-state index contributed by atoms with van der Waals surface area (Å²) in [5.74, 6) is -2.63. The van der Waals surface area contributed by atoms with Gasteiger partial charge < -0.3 is 26.5 Å². The minimum Gasteiger partial charge on any atom is -0.387 e. The molecular weight excluding hydrogens is 470 g/mol. The Morgan fingerprint density at radius 1 is 0.972 bits per heavy atom. The molecule has 1 aliphatic carbocycles. The molecule has 0 bridgehead atoms. The first-order valence-corrected chi connectivity index (χ1v) is 11.8. The fourth-order valence-corrected chi connectivity index (χ4v) is 3.60. The Hall–Kier alpha value is -3.66. The Morgan fingerprint density at radius 2 is 1.67 bits per heavy atom. The summed E-state index contributed by atoms with van der Waals surface area (Å²) in [6, 6.07) is 9.27. The molecule has 3 atom stereocenters. The van der Waals surface area contributed by atoms with Crippen molar-refractivity contribution in [2.45, 2.75) is 56.8 Å². The van der Waals surface area contributed by atoms with Crippen LogP contribution in [0.2, 0.25) is 0 Å². The summed E-state index contributed by atoms with van der Waals surface area (Å²) in [5.41, 5.74) is 0.883. The number of carbonyl (C=O) groups excluding carboxylic acids is 3. The average Bonchev–Trinajstić information content (AvgIpc) is 3.72. The van der Waals surface area contributed by atoms with E-state index in [1.807, 2.05) is 0 Å². The van der Waals surface area contributed by atoms with Gasteiger partial charge in [0, 0.05) is 25.1 Å². The zero-order chi connectivity index (χ0) is 26.1. The van der Waals surface area contributed by atoms with Gasteiger partial charge in [-0.15, -0.1) is 0 Å². The number of amides is 3. The maximum atomic E-state index is 14.3. The smallest absolute Gasteiger partial charge is 0.243 e. The van der Waals surface area contributed by atoms with Crippen LogP contribution in [0.5, 0.6) is 0 Å². The van der Waals surface area contributed by atoms with Gasteiger partial charge in [0.25, 0.3) is 0 Å². The lowest BCUT2D eigenvalue weighted by atomic mass is 10.0. The number of aliphatic hydroxyl groups is 1. The minimum atomic E-state index is -1.12. The minimum absolute atomic E-state index is 0.0144. The molecule has 3 rings (SSSR count). The van der Waals surface area contributed by atoms with Gasteiger partial charge in [0.2, 0.25) is 17.7 Å². The number of benzene rings is 2. The SMILES string of the molecule is N=CC(O)CC[C@H](NC(=O)[C@H](Cc1ccccc1F)NC(=O)C1CC1)C(=O)NCc1ccc(F)cc1. The molecular formula is C26H30F2N4O4. The molecule has 0 heterocycles. The van der Waals surface area contributed by atoms with Crippen molar-refractivity contribution in [3.63, 3.8) is 0 Å². The first-order chi connectivity index (χ1) is 17.3. The van der Waals surface area contributed by atoms with Crippen LogP contribution in [-0.2, 0) is 27.3 Å². The van der Waals surface area contributed by atoms with Gasteiger partial charge in [-0.05, 0) is 55.0 Å². The van der Waals surface area contributed by atoms with Gasteiger partial charge in [0.05, 0.1) is 6.10 Å². The van der Waals surface area contributed by atoms with Gasteiger partial charge in [-0.1, -0.05) is 30.3 Å². The Balaban J connectivity index is 1.71. The van der Waals surface area contributed by atoms with Crippen molar-refractivity contribution in [3.8, 4) is 0 Å². The second kappa shape index (κ2) is 12.9. The van der Waals surface area contributed by atoms with Gasteiger partial charge >= 0.3 is 0 Å². The molecule has 3 amide bonds. The highest BCUT2D eigenvalue weighted by Crippen LogP contribution is 2.29. The lowest BCUT2D eigenvalue weighted by Gasteiger charge is -2.24. The normalized spacial score (nSPS) is 15.3. The van der Waals surface area contributed by atoms with E-state index in [0.29, 0.717) is 5.56 Å². The Bertz CT molecular complexity index is 1080. The van der Waals surface area contributed by atoms with Crippen LogP contribution in [0.15, 0.2) is 48.5 Å². The highest BCUT2D eigenvalue weighted by atomic mass is 19.1. The van der Waals surface area contributed by atoms with E-state index in [9.17, 15) is 28.3 Å². The standard InChI is InChI=1S/C26H30F2N4O4/c27-19-9-5-16(6-10-19)15-30-25(35)22(12-11-20(33)14-29)31-26(36)23(32-24(34)17-7-8-17)13-18-3-1-2-4-21(18)28/h1-6,9-10,14,17,20,22-23,29,33H,7-8,11-13,15H2,(H,30,35)(H,31,36)(H,32,34)/t20?,22-,23-/m0/s1. The molecule has 0 spiro atoms. The van der Waals surface area contributed by atoms with Crippen LogP contribution in [0.3, 0.4) is 0 Å². The van der Waals surface area contributed by atoms with E-state index < -0.39 is 41.6 Å². The van der Waals surface area contributed by atoms with E-state index >= 15 is 0 Å². The zero-order valence-electron chi connectivity index (χ0n) is 19.7. The van der Waals surface area contributed by atoms with Crippen molar-refractivity contribution in [2.24, 2.45) is 5.92 Å². The highest BCUT2D eigenvalue weighted by molar-refractivity contribution is 5.93. The first kappa shape index (κ1) is 26.9. The van der Waals surface area contributed by atoms with Crippen LogP contribution in [0.4, 0.5) is 8.78 Å². The highest BCUT2D eigenvalue weighted by Gasteiger charge is 2.34. The number of hydrogen-bond donors (Lipinski definition) is 5. The molecule has 10 heteroatoms. The van der Waals surface area contributed by atoms with Crippen molar-refractivity contribution < 1.29 is 28.3 Å². The van der Waals surface area contributed by atoms with E-state index in [0.717, 1.165) is 19.1 Å². The van der Waals surface area contributed by atoms with Crippen molar-refractivity contribution >= 4 is 23.9 Å². The summed E-state index contributed by atoms with van der Waals surface area (Å²) in [7, 11) is 0. The fourth-order valence-electron chi connectivity index (χ4n) is 3.60. The zero-order valence-corrected chi connectivity index (χ0v) is 19.7. The third-order valence-corrected chi connectivity index (χ3v) is 5.92. The summed E-state index contributed by atoms with van der Waals surface area (Å²) in [6.07, 6.45) is 1.10. The van der Waals surface area contributed by atoms with Crippen LogP contribution in [0, 0.1) is 23.0 Å². The summed E-state index contributed by atoms with van der Waals surface area (Å²) < 4.78 is 27.4. The topological polar surface area (TPSA) is 131 Å². The van der Waals surface area contributed by atoms with Crippen molar-refractivity contribution in [1.82, 2.24) is 16.0 Å². The third kappa shape index (κ3) is 8.23. The van der Waals surface area contributed by atoms with Crippen LogP contribution < -0.4 is 16.0 Å². The number of halogens is 2. The van der Waals surface area contributed by atoms with E-state index in [-0.39, 0.29) is 43.2 Å². The maximum Gasteiger partial charge on any atom is 0.243 e. The molecule has 0 aromatic heterocycles. The van der Waals surface area contributed by atoms with Crippen LogP contribution in [0.1, 0.15) is 36.8 Å². The summed E-state index contributed by atoms with van der Waals surface area (Å²) in [6.45, 7) is 0.0790. The summed E-state index contributed by atoms with van der Waals surface area (Å²) in [4.78, 5) is 38.5. The van der Waals surface area contributed by atoms with Gasteiger partial charge in [-0.25, -0.2) is 8.78 Å². The van der Waals surface area contributed by atoms with E-state index in [4.69, 9.17) is 5.41 Å². The molecule has 1 saturated carbocycles. The molecule has 0 saturated heterocycles. The molecule has 5 N–H and O–H groups in total. The number of hydrogen-bond acceptors (Lipinski definition) is 5. The molecule has 1 aliphatic rings.